The summed E-state index contributed by atoms with van der Waals surface area (Å²) >= 11 is 0. The van der Waals surface area contributed by atoms with Crippen molar-refractivity contribution in [3.63, 3.8) is 0 Å². The predicted molar refractivity (Wildman–Crippen MR) is 73.9 cm³/mol. The Labute approximate surface area is 115 Å². The van der Waals surface area contributed by atoms with Crippen LogP contribution in [0.5, 0.6) is 0 Å². The lowest BCUT2D eigenvalue weighted by molar-refractivity contribution is 0.107. The van der Waals surface area contributed by atoms with Gasteiger partial charge in [0, 0.05) is 38.0 Å². The zero-order valence-corrected chi connectivity index (χ0v) is 12.3. The van der Waals surface area contributed by atoms with Crippen molar-refractivity contribution in [2.45, 2.75) is 51.4 Å². The largest absolute Gasteiger partial charge is 0.395 e. The van der Waals surface area contributed by atoms with Crippen molar-refractivity contribution in [2.24, 2.45) is 0 Å². The van der Waals surface area contributed by atoms with Gasteiger partial charge >= 0.3 is 0 Å². The molecule has 5 nitrogen and oxygen atoms in total. The predicted octanol–water partition coefficient (Wildman–Crippen LogP) is 1.22. The molecule has 2 atom stereocenters. The van der Waals surface area contributed by atoms with E-state index in [1.165, 1.54) is 5.56 Å². The van der Waals surface area contributed by atoms with Gasteiger partial charge in [-0.15, -0.1) is 0 Å². The van der Waals surface area contributed by atoms with Gasteiger partial charge in [-0.2, -0.15) is 5.10 Å². The highest BCUT2D eigenvalue weighted by Gasteiger charge is 2.31. The molecule has 1 aromatic rings. The second kappa shape index (κ2) is 5.61. The van der Waals surface area contributed by atoms with Crippen LogP contribution in [-0.4, -0.2) is 52.2 Å². The molecular weight excluding hydrogens is 242 g/mol. The molecule has 1 aliphatic heterocycles. The zero-order chi connectivity index (χ0) is 14.0. The number of hydrogen-bond donors (Lipinski definition) is 1. The SMILES string of the molecule is CO[C@H]1C[C@@H](CO)N(Cc2cnn(C(C)(C)C)c2)C1. The van der Waals surface area contributed by atoms with Crippen molar-refractivity contribution in [3.8, 4) is 0 Å². The highest BCUT2D eigenvalue weighted by Crippen LogP contribution is 2.22. The molecule has 0 saturated carbocycles. The average Bonchev–Trinajstić information content (AvgIpc) is 2.95. The summed E-state index contributed by atoms with van der Waals surface area (Å²) in [6.45, 7) is 8.29. The third-order valence-electron chi connectivity index (χ3n) is 3.74. The van der Waals surface area contributed by atoms with Crippen molar-refractivity contribution in [3.05, 3.63) is 18.0 Å². The Morgan fingerprint density at radius 1 is 1.47 bits per heavy atom. The standard InChI is InChI=1S/C14H25N3O2/c1-14(2,3)17-8-11(6-15-17)7-16-9-13(19-4)5-12(16)10-18/h6,8,12-13,18H,5,7,9-10H2,1-4H3/t12-,13-/m0/s1. The van der Waals surface area contributed by atoms with E-state index in [1.807, 2.05) is 10.9 Å². The molecule has 1 aliphatic rings. The van der Waals surface area contributed by atoms with Gasteiger partial charge in [0.1, 0.15) is 0 Å². The molecule has 0 radical (unpaired) electrons. The molecule has 0 amide bonds. The van der Waals surface area contributed by atoms with Gasteiger partial charge in [0.25, 0.3) is 0 Å². The number of hydrogen-bond acceptors (Lipinski definition) is 4. The number of likely N-dealkylation sites (tertiary alicyclic amines) is 1. The molecule has 1 saturated heterocycles. The van der Waals surface area contributed by atoms with Crippen LogP contribution in [0.1, 0.15) is 32.8 Å². The van der Waals surface area contributed by atoms with E-state index in [0.29, 0.717) is 0 Å². The van der Waals surface area contributed by atoms with Crippen molar-refractivity contribution in [1.29, 1.82) is 0 Å². The second-order valence-electron chi connectivity index (χ2n) is 6.32. The summed E-state index contributed by atoms with van der Waals surface area (Å²) in [6, 6.07) is 0.197. The smallest absolute Gasteiger partial charge is 0.0714 e. The fraction of sp³-hybridized carbons (Fsp3) is 0.786. The quantitative estimate of drug-likeness (QED) is 0.891. The van der Waals surface area contributed by atoms with Gasteiger partial charge in [-0.1, -0.05) is 0 Å². The molecule has 0 bridgehead atoms. The normalized spacial score (nSPS) is 25.1. The molecule has 108 valence electrons. The monoisotopic (exact) mass is 267 g/mol. The zero-order valence-electron chi connectivity index (χ0n) is 12.3. The number of aliphatic hydroxyl groups is 1. The summed E-state index contributed by atoms with van der Waals surface area (Å²) in [4.78, 5) is 2.28. The minimum Gasteiger partial charge on any atom is -0.395 e. The van der Waals surface area contributed by atoms with Crippen LogP contribution in [0, 0.1) is 0 Å². The molecule has 1 fully saturated rings. The van der Waals surface area contributed by atoms with E-state index in [2.05, 4.69) is 37.0 Å². The molecule has 1 N–H and O–H groups in total. The summed E-state index contributed by atoms with van der Waals surface area (Å²) in [7, 11) is 1.74. The van der Waals surface area contributed by atoms with E-state index in [0.717, 1.165) is 19.5 Å². The maximum atomic E-state index is 9.44. The third kappa shape index (κ3) is 3.35. The van der Waals surface area contributed by atoms with E-state index < -0.39 is 0 Å². The number of aromatic nitrogens is 2. The molecular formula is C14H25N3O2. The number of rotatable bonds is 4. The average molecular weight is 267 g/mol. The topological polar surface area (TPSA) is 50.5 Å². The number of methoxy groups -OCH3 is 1. The lowest BCUT2D eigenvalue weighted by Gasteiger charge is -2.22. The lowest BCUT2D eigenvalue weighted by atomic mass is 10.1. The summed E-state index contributed by atoms with van der Waals surface area (Å²) in [6.07, 6.45) is 5.14. The summed E-state index contributed by atoms with van der Waals surface area (Å²) < 4.78 is 7.38. The van der Waals surface area contributed by atoms with Crippen molar-refractivity contribution < 1.29 is 9.84 Å². The first kappa shape index (κ1) is 14.5. The van der Waals surface area contributed by atoms with E-state index >= 15 is 0 Å². The van der Waals surface area contributed by atoms with Crippen LogP contribution in [0.4, 0.5) is 0 Å². The molecule has 0 spiro atoms. The minimum absolute atomic E-state index is 0.00864. The molecule has 19 heavy (non-hydrogen) atoms. The minimum atomic E-state index is 0.00864. The van der Waals surface area contributed by atoms with E-state index in [9.17, 15) is 5.11 Å². The highest BCUT2D eigenvalue weighted by molar-refractivity contribution is 5.06. The Kier molecular flexibility index (Phi) is 4.28. The Balaban J connectivity index is 2.02. The van der Waals surface area contributed by atoms with Crippen LogP contribution in [0.15, 0.2) is 12.4 Å². The van der Waals surface area contributed by atoms with Gasteiger partial charge in [-0.3, -0.25) is 9.58 Å². The van der Waals surface area contributed by atoms with Crippen LogP contribution in [0.25, 0.3) is 0 Å². The van der Waals surface area contributed by atoms with E-state index in [1.54, 1.807) is 7.11 Å². The maximum absolute atomic E-state index is 9.44. The van der Waals surface area contributed by atoms with Gasteiger partial charge in [0.2, 0.25) is 0 Å². The molecule has 1 aromatic heterocycles. The van der Waals surface area contributed by atoms with Crippen LogP contribution >= 0.6 is 0 Å². The van der Waals surface area contributed by atoms with Gasteiger partial charge in [-0.05, 0) is 27.2 Å². The highest BCUT2D eigenvalue weighted by atomic mass is 16.5. The van der Waals surface area contributed by atoms with Gasteiger partial charge < -0.3 is 9.84 Å². The van der Waals surface area contributed by atoms with Crippen molar-refractivity contribution in [2.75, 3.05) is 20.3 Å². The molecule has 2 rings (SSSR count). The molecule has 0 aromatic carbocycles. The van der Waals surface area contributed by atoms with E-state index in [4.69, 9.17) is 4.74 Å². The molecule has 2 heterocycles. The van der Waals surface area contributed by atoms with Crippen LogP contribution in [0.3, 0.4) is 0 Å². The maximum Gasteiger partial charge on any atom is 0.0714 e. The fourth-order valence-electron chi connectivity index (χ4n) is 2.54. The second-order valence-corrected chi connectivity index (χ2v) is 6.32. The van der Waals surface area contributed by atoms with Gasteiger partial charge in [0.05, 0.1) is 24.4 Å². The Hall–Kier alpha value is -0.910. The fourth-order valence-corrected chi connectivity index (χ4v) is 2.54. The summed E-state index contributed by atoms with van der Waals surface area (Å²) in [5.41, 5.74) is 1.19. The number of nitrogens with zero attached hydrogens (tertiary/aromatic N) is 3. The Morgan fingerprint density at radius 2 is 2.21 bits per heavy atom. The molecule has 5 heteroatoms. The van der Waals surface area contributed by atoms with Crippen LogP contribution < -0.4 is 0 Å². The lowest BCUT2D eigenvalue weighted by Crippen LogP contribution is -2.31. The van der Waals surface area contributed by atoms with Crippen molar-refractivity contribution >= 4 is 0 Å². The van der Waals surface area contributed by atoms with Crippen LogP contribution in [-0.2, 0) is 16.8 Å². The Bertz CT molecular complexity index is 411. The summed E-state index contributed by atoms with van der Waals surface area (Å²) in [5, 5.41) is 13.9. The first-order chi connectivity index (χ1) is 8.94. The molecule has 0 aliphatic carbocycles. The number of aliphatic hydroxyl groups excluding tert-OH is 1. The first-order valence-corrected chi connectivity index (χ1v) is 6.85. The van der Waals surface area contributed by atoms with Crippen LogP contribution in [0.2, 0.25) is 0 Å². The first-order valence-electron chi connectivity index (χ1n) is 6.85. The molecule has 0 unspecified atom stereocenters. The number of ether oxygens (including phenoxy) is 1. The third-order valence-corrected chi connectivity index (χ3v) is 3.74. The van der Waals surface area contributed by atoms with E-state index in [-0.39, 0.29) is 24.3 Å². The van der Waals surface area contributed by atoms with Gasteiger partial charge in [0.15, 0.2) is 0 Å². The van der Waals surface area contributed by atoms with Crippen molar-refractivity contribution in [1.82, 2.24) is 14.7 Å². The Morgan fingerprint density at radius 3 is 2.74 bits per heavy atom. The summed E-state index contributed by atoms with van der Waals surface area (Å²) in [5.74, 6) is 0. The van der Waals surface area contributed by atoms with Gasteiger partial charge in [-0.25, -0.2) is 0 Å².